The summed E-state index contributed by atoms with van der Waals surface area (Å²) in [6, 6.07) is 1.88. The Morgan fingerprint density at radius 1 is 1.53 bits per heavy atom. The molecule has 0 radical (unpaired) electrons. The van der Waals surface area contributed by atoms with E-state index in [0.29, 0.717) is 12.2 Å². The van der Waals surface area contributed by atoms with Crippen LogP contribution in [-0.4, -0.2) is 26.5 Å². The summed E-state index contributed by atoms with van der Waals surface area (Å²) in [5, 5.41) is 13.2. The summed E-state index contributed by atoms with van der Waals surface area (Å²) >= 11 is 5.81. The average Bonchev–Trinajstić information content (AvgIpc) is 2.83. The Balaban J connectivity index is 1.82. The van der Waals surface area contributed by atoms with Crippen molar-refractivity contribution in [3.63, 3.8) is 0 Å². The van der Waals surface area contributed by atoms with Gasteiger partial charge in [0.05, 0.1) is 11.9 Å². The van der Waals surface area contributed by atoms with Gasteiger partial charge in [0.1, 0.15) is 5.02 Å². The first-order valence-corrected chi connectivity index (χ1v) is 5.59. The maximum absolute atomic E-state index is 11.2. The molecule has 0 amide bonds. The molecule has 0 aliphatic rings. The van der Waals surface area contributed by atoms with E-state index >= 15 is 0 Å². The normalized spacial score (nSPS) is 10.4. The number of H-pyrrole nitrogens is 1. The van der Waals surface area contributed by atoms with Crippen LogP contribution in [-0.2, 0) is 6.54 Å². The van der Waals surface area contributed by atoms with Gasteiger partial charge in [0.25, 0.3) is 5.56 Å². The van der Waals surface area contributed by atoms with Gasteiger partial charge in [-0.15, -0.1) is 0 Å². The molecule has 17 heavy (non-hydrogen) atoms. The predicted octanol–water partition coefficient (Wildman–Crippen LogP) is 1.12. The third-order valence-corrected chi connectivity index (χ3v) is 2.61. The van der Waals surface area contributed by atoms with Crippen LogP contribution in [0.2, 0.25) is 5.02 Å². The summed E-state index contributed by atoms with van der Waals surface area (Å²) in [7, 11) is 0. The second-order valence-electron chi connectivity index (χ2n) is 3.48. The molecule has 2 N–H and O–H groups in total. The van der Waals surface area contributed by atoms with Gasteiger partial charge in [-0.25, -0.2) is 5.10 Å². The fourth-order valence-electron chi connectivity index (χ4n) is 1.40. The Labute approximate surface area is 103 Å². The highest BCUT2D eigenvalue weighted by Gasteiger charge is 2.03. The minimum atomic E-state index is -0.385. The van der Waals surface area contributed by atoms with E-state index in [9.17, 15) is 4.79 Å². The molecule has 0 fully saturated rings. The molecule has 7 heteroatoms. The highest BCUT2D eigenvalue weighted by atomic mass is 35.5. The number of hydrogen-bond acceptors (Lipinski definition) is 4. The molecule has 0 aliphatic heterocycles. The van der Waals surface area contributed by atoms with Crippen molar-refractivity contribution < 1.29 is 0 Å². The van der Waals surface area contributed by atoms with Crippen LogP contribution >= 0.6 is 11.6 Å². The fourth-order valence-corrected chi connectivity index (χ4v) is 1.56. The van der Waals surface area contributed by atoms with Gasteiger partial charge in [-0.3, -0.25) is 9.48 Å². The summed E-state index contributed by atoms with van der Waals surface area (Å²) in [6.07, 6.45) is 6.02. The van der Waals surface area contributed by atoms with Gasteiger partial charge in [0.15, 0.2) is 0 Å². The van der Waals surface area contributed by atoms with Crippen molar-refractivity contribution in [2.75, 3.05) is 11.9 Å². The summed E-state index contributed by atoms with van der Waals surface area (Å²) in [5.41, 5.74) is 0.166. The Bertz CT molecular complexity index is 522. The molecule has 0 atom stereocenters. The maximum Gasteiger partial charge on any atom is 0.285 e. The predicted molar refractivity (Wildman–Crippen MR) is 65.2 cm³/mol. The lowest BCUT2D eigenvalue weighted by Crippen LogP contribution is -2.13. The second-order valence-corrected chi connectivity index (χ2v) is 3.85. The lowest BCUT2D eigenvalue weighted by molar-refractivity contribution is 0.591. The van der Waals surface area contributed by atoms with Crippen molar-refractivity contribution in [3.8, 4) is 0 Å². The van der Waals surface area contributed by atoms with Crippen molar-refractivity contribution in [3.05, 3.63) is 40.0 Å². The van der Waals surface area contributed by atoms with Crippen LogP contribution in [0.3, 0.4) is 0 Å². The number of rotatable bonds is 5. The van der Waals surface area contributed by atoms with Crippen molar-refractivity contribution in [2.24, 2.45) is 0 Å². The first-order valence-electron chi connectivity index (χ1n) is 5.22. The summed E-state index contributed by atoms with van der Waals surface area (Å²) < 4.78 is 1.85. The maximum atomic E-state index is 11.2. The SMILES string of the molecule is O=c1[nH]ncc(NCCCn2cccn2)c1Cl. The Morgan fingerprint density at radius 2 is 2.41 bits per heavy atom. The fraction of sp³-hybridized carbons (Fsp3) is 0.300. The van der Waals surface area contributed by atoms with Gasteiger partial charge in [-0.1, -0.05) is 11.6 Å². The van der Waals surface area contributed by atoms with Gasteiger partial charge in [-0.05, 0) is 12.5 Å². The molecule has 0 aromatic carbocycles. The topological polar surface area (TPSA) is 75.6 Å². The van der Waals surface area contributed by atoms with E-state index in [1.807, 2.05) is 16.9 Å². The molecule has 6 nitrogen and oxygen atoms in total. The Hall–Kier alpha value is -1.82. The van der Waals surface area contributed by atoms with Gasteiger partial charge in [0, 0.05) is 25.5 Å². The summed E-state index contributed by atoms with van der Waals surface area (Å²) in [5.74, 6) is 0. The molecule has 0 aliphatic carbocycles. The molecule has 0 bridgehead atoms. The molecule has 0 saturated carbocycles. The number of nitrogens with one attached hydrogen (secondary N) is 2. The molecule has 2 rings (SSSR count). The van der Waals surface area contributed by atoms with Crippen molar-refractivity contribution in [1.29, 1.82) is 0 Å². The minimum absolute atomic E-state index is 0.138. The Morgan fingerprint density at radius 3 is 3.18 bits per heavy atom. The molecule has 0 unspecified atom stereocenters. The molecule has 2 heterocycles. The van der Waals surface area contributed by atoms with Crippen LogP contribution in [0.15, 0.2) is 29.5 Å². The van der Waals surface area contributed by atoms with Crippen LogP contribution in [0.4, 0.5) is 5.69 Å². The van der Waals surface area contributed by atoms with E-state index in [1.54, 1.807) is 6.20 Å². The lowest BCUT2D eigenvalue weighted by Gasteiger charge is -2.06. The highest BCUT2D eigenvalue weighted by molar-refractivity contribution is 6.32. The number of aromatic nitrogens is 4. The van der Waals surface area contributed by atoms with Gasteiger partial charge in [0.2, 0.25) is 0 Å². The van der Waals surface area contributed by atoms with E-state index in [2.05, 4.69) is 20.6 Å². The first-order chi connectivity index (χ1) is 8.27. The zero-order chi connectivity index (χ0) is 12.1. The first kappa shape index (κ1) is 11.7. The second kappa shape index (κ2) is 5.49. The molecular formula is C10H12ClN5O. The molecule has 2 aromatic rings. The quantitative estimate of drug-likeness (QED) is 0.783. The number of halogens is 1. The van der Waals surface area contributed by atoms with Crippen LogP contribution in [0.5, 0.6) is 0 Å². The van der Waals surface area contributed by atoms with Gasteiger partial charge in [-0.2, -0.15) is 10.2 Å². The number of aromatic amines is 1. The monoisotopic (exact) mass is 253 g/mol. The van der Waals surface area contributed by atoms with E-state index in [4.69, 9.17) is 11.6 Å². The van der Waals surface area contributed by atoms with E-state index in [1.165, 1.54) is 6.20 Å². The zero-order valence-electron chi connectivity index (χ0n) is 9.06. The van der Waals surface area contributed by atoms with Gasteiger partial charge < -0.3 is 5.32 Å². The van der Waals surface area contributed by atoms with Crippen molar-refractivity contribution in [1.82, 2.24) is 20.0 Å². The van der Waals surface area contributed by atoms with E-state index < -0.39 is 0 Å². The molecule has 2 aromatic heterocycles. The Kier molecular flexibility index (Phi) is 3.77. The molecule has 0 saturated heterocycles. The van der Waals surface area contributed by atoms with Crippen molar-refractivity contribution in [2.45, 2.75) is 13.0 Å². The largest absolute Gasteiger partial charge is 0.382 e. The highest BCUT2D eigenvalue weighted by Crippen LogP contribution is 2.13. The van der Waals surface area contributed by atoms with Crippen LogP contribution in [0.1, 0.15) is 6.42 Å². The average molecular weight is 254 g/mol. The number of nitrogens with zero attached hydrogens (tertiary/aromatic N) is 3. The number of aryl methyl sites for hydroxylation is 1. The molecular weight excluding hydrogens is 242 g/mol. The summed E-state index contributed by atoms with van der Waals surface area (Å²) in [6.45, 7) is 1.51. The van der Waals surface area contributed by atoms with Crippen LogP contribution in [0, 0.1) is 0 Å². The zero-order valence-corrected chi connectivity index (χ0v) is 9.81. The van der Waals surface area contributed by atoms with Crippen LogP contribution in [0.25, 0.3) is 0 Å². The standard InChI is InChI=1S/C10H12ClN5O/c11-9-8(7-13-15-10(9)17)12-3-1-5-16-6-2-4-14-16/h2,4,6-7H,1,3,5H2,(H2,12,15,17). The smallest absolute Gasteiger partial charge is 0.285 e. The van der Waals surface area contributed by atoms with E-state index in [-0.39, 0.29) is 10.6 Å². The van der Waals surface area contributed by atoms with Gasteiger partial charge >= 0.3 is 0 Å². The minimum Gasteiger partial charge on any atom is -0.382 e. The molecule has 90 valence electrons. The van der Waals surface area contributed by atoms with E-state index in [0.717, 1.165) is 13.0 Å². The summed E-state index contributed by atoms with van der Waals surface area (Å²) in [4.78, 5) is 11.2. The molecule has 0 spiro atoms. The third kappa shape index (κ3) is 3.07. The third-order valence-electron chi connectivity index (χ3n) is 2.23. The lowest BCUT2D eigenvalue weighted by atomic mass is 10.4. The number of hydrogen-bond donors (Lipinski definition) is 2. The van der Waals surface area contributed by atoms with Crippen molar-refractivity contribution >= 4 is 17.3 Å². The van der Waals surface area contributed by atoms with Crippen LogP contribution < -0.4 is 10.9 Å². The number of anilines is 1.